The molecule has 6 heteroatoms. The van der Waals surface area contributed by atoms with Crippen molar-refractivity contribution in [2.24, 2.45) is 21.6 Å². The van der Waals surface area contributed by atoms with Crippen LogP contribution in [0.5, 0.6) is 0 Å². The molecule has 2 aromatic rings. The van der Waals surface area contributed by atoms with Gasteiger partial charge in [0, 0.05) is 5.92 Å². The Balaban J connectivity index is 1.75. The number of fused-ring (bicyclic) bond motifs is 1. The molecule has 1 saturated carbocycles. The molecule has 3 atom stereocenters. The third-order valence-electron chi connectivity index (χ3n) is 6.87. The molecule has 2 aliphatic rings. The van der Waals surface area contributed by atoms with E-state index in [2.05, 4.69) is 31.0 Å². The molecule has 0 bridgehead atoms. The average molecular weight is 443 g/mol. The lowest BCUT2D eigenvalue weighted by Crippen LogP contribution is -2.44. The minimum atomic E-state index is -1.57. The molecule has 0 radical (unpaired) electrons. The van der Waals surface area contributed by atoms with Gasteiger partial charge in [0.15, 0.2) is 5.41 Å². The van der Waals surface area contributed by atoms with Gasteiger partial charge in [0.2, 0.25) is 0 Å². The Kier molecular flexibility index (Phi) is 6.26. The summed E-state index contributed by atoms with van der Waals surface area (Å²) in [5.74, 6) is -1.93. The van der Waals surface area contributed by atoms with E-state index in [-0.39, 0.29) is 5.84 Å². The number of benzene rings is 2. The third kappa shape index (κ3) is 3.25. The second kappa shape index (κ2) is 8.98. The summed E-state index contributed by atoms with van der Waals surface area (Å²) >= 11 is 0. The topological polar surface area (TPSA) is 104 Å². The van der Waals surface area contributed by atoms with Crippen LogP contribution in [-0.2, 0) is 9.47 Å². The SMILES string of the molecule is CCCCOC1(OCCCC)N=C(N)C2(C#N)C(c3ccc(-c4ccccc4)cc3)C12C#N. The number of nitrogens with two attached hydrogens (primary N) is 1. The molecule has 0 aromatic heterocycles. The first-order chi connectivity index (χ1) is 16.1. The standard InChI is InChI=1S/C27H30N4O2/c1-3-5-16-32-27(33-17-6-4-2)26(19-29)23(25(26,18-28)24(30)31-27)22-14-12-21(13-15-22)20-10-8-7-9-11-20/h7-15,23H,3-6,16-17H2,1-2H3,(H2,30,31). The summed E-state index contributed by atoms with van der Waals surface area (Å²) in [5, 5.41) is 20.8. The van der Waals surface area contributed by atoms with E-state index in [4.69, 9.17) is 15.2 Å². The Labute approximate surface area is 195 Å². The predicted molar refractivity (Wildman–Crippen MR) is 127 cm³/mol. The highest BCUT2D eigenvalue weighted by molar-refractivity contribution is 6.00. The summed E-state index contributed by atoms with van der Waals surface area (Å²) < 4.78 is 12.4. The smallest absolute Gasteiger partial charge is 0.293 e. The van der Waals surface area contributed by atoms with Crippen LogP contribution in [0.15, 0.2) is 59.6 Å². The maximum absolute atomic E-state index is 10.5. The first-order valence-corrected chi connectivity index (χ1v) is 11.7. The number of amidine groups is 1. The van der Waals surface area contributed by atoms with Crippen molar-refractivity contribution in [1.82, 2.24) is 0 Å². The average Bonchev–Trinajstić information content (AvgIpc) is 3.43. The van der Waals surface area contributed by atoms with Crippen LogP contribution in [0.25, 0.3) is 11.1 Å². The Hall–Kier alpha value is -3.19. The van der Waals surface area contributed by atoms with Crippen molar-refractivity contribution in [2.75, 3.05) is 13.2 Å². The molecule has 2 aromatic carbocycles. The van der Waals surface area contributed by atoms with Crippen LogP contribution in [-0.4, -0.2) is 25.0 Å². The summed E-state index contributed by atoms with van der Waals surface area (Å²) in [7, 11) is 0. The fraction of sp³-hybridized carbons (Fsp3) is 0.444. The van der Waals surface area contributed by atoms with Crippen molar-refractivity contribution in [3.8, 4) is 23.3 Å². The highest BCUT2D eigenvalue weighted by atomic mass is 16.7. The van der Waals surface area contributed by atoms with E-state index in [1.807, 2.05) is 54.6 Å². The molecule has 1 fully saturated rings. The van der Waals surface area contributed by atoms with Crippen molar-refractivity contribution in [3.05, 3.63) is 60.2 Å². The molecule has 1 aliphatic carbocycles. The van der Waals surface area contributed by atoms with Crippen molar-refractivity contribution >= 4 is 5.84 Å². The monoisotopic (exact) mass is 442 g/mol. The van der Waals surface area contributed by atoms with Gasteiger partial charge < -0.3 is 15.2 Å². The first-order valence-electron chi connectivity index (χ1n) is 11.7. The number of ether oxygens (including phenoxy) is 2. The van der Waals surface area contributed by atoms with Crippen LogP contribution in [0.4, 0.5) is 0 Å². The number of rotatable bonds is 10. The molecule has 1 aliphatic heterocycles. The normalized spacial score (nSPS) is 26.7. The van der Waals surface area contributed by atoms with Gasteiger partial charge in [0.05, 0.1) is 25.4 Å². The van der Waals surface area contributed by atoms with Gasteiger partial charge in [-0.2, -0.15) is 10.5 Å². The fourth-order valence-electron chi connectivity index (χ4n) is 5.07. The number of hydrogen-bond acceptors (Lipinski definition) is 6. The summed E-state index contributed by atoms with van der Waals surface area (Å²) in [4.78, 5) is 4.53. The zero-order valence-corrected chi connectivity index (χ0v) is 19.3. The lowest BCUT2D eigenvalue weighted by atomic mass is 9.93. The predicted octanol–water partition coefficient (Wildman–Crippen LogP) is 5.13. The van der Waals surface area contributed by atoms with E-state index in [0.717, 1.165) is 42.4 Å². The maximum Gasteiger partial charge on any atom is 0.293 e. The van der Waals surface area contributed by atoms with Gasteiger partial charge in [0.1, 0.15) is 11.3 Å². The van der Waals surface area contributed by atoms with Crippen LogP contribution in [0.3, 0.4) is 0 Å². The number of aliphatic imine (C=N–C) groups is 1. The first kappa shape index (κ1) is 23.0. The minimum Gasteiger partial charge on any atom is -0.386 e. The van der Waals surface area contributed by atoms with Gasteiger partial charge in [-0.25, -0.2) is 4.99 Å². The van der Waals surface area contributed by atoms with Crippen molar-refractivity contribution in [1.29, 1.82) is 10.5 Å². The summed E-state index contributed by atoms with van der Waals surface area (Å²) in [6, 6.07) is 22.8. The lowest BCUT2D eigenvalue weighted by Gasteiger charge is -2.32. The molecule has 3 unspecified atom stereocenters. The molecular formula is C27H30N4O2. The zero-order valence-electron chi connectivity index (χ0n) is 19.3. The molecule has 170 valence electrons. The fourth-order valence-corrected chi connectivity index (χ4v) is 5.07. The third-order valence-corrected chi connectivity index (χ3v) is 6.87. The van der Waals surface area contributed by atoms with Gasteiger partial charge in [-0.15, -0.1) is 0 Å². The van der Waals surface area contributed by atoms with E-state index < -0.39 is 22.7 Å². The Morgan fingerprint density at radius 2 is 1.45 bits per heavy atom. The van der Waals surface area contributed by atoms with Crippen molar-refractivity contribution in [3.63, 3.8) is 0 Å². The number of hydrogen-bond donors (Lipinski definition) is 1. The largest absolute Gasteiger partial charge is 0.386 e. The van der Waals surface area contributed by atoms with Crippen LogP contribution in [0, 0.1) is 33.5 Å². The minimum absolute atomic E-state index is 0.122. The molecule has 0 saturated heterocycles. The summed E-state index contributed by atoms with van der Waals surface area (Å²) in [5.41, 5.74) is 6.81. The number of unbranched alkanes of at least 4 members (excludes halogenated alkanes) is 2. The second-order valence-electron chi connectivity index (χ2n) is 8.74. The lowest BCUT2D eigenvalue weighted by molar-refractivity contribution is -0.260. The van der Waals surface area contributed by atoms with Gasteiger partial charge in [0.25, 0.3) is 5.91 Å². The molecule has 6 nitrogen and oxygen atoms in total. The number of nitriles is 2. The molecular weight excluding hydrogens is 412 g/mol. The van der Waals surface area contributed by atoms with Crippen LogP contribution in [0.1, 0.15) is 51.0 Å². The van der Waals surface area contributed by atoms with Crippen LogP contribution >= 0.6 is 0 Å². The van der Waals surface area contributed by atoms with Crippen molar-refractivity contribution < 1.29 is 9.47 Å². The maximum atomic E-state index is 10.5. The second-order valence-corrected chi connectivity index (χ2v) is 8.74. The van der Waals surface area contributed by atoms with E-state index in [1.165, 1.54) is 0 Å². The summed E-state index contributed by atoms with van der Waals surface area (Å²) in [6.07, 6.45) is 3.45. The Bertz CT molecular complexity index is 1090. The molecule has 0 amide bonds. The van der Waals surface area contributed by atoms with Gasteiger partial charge >= 0.3 is 0 Å². The van der Waals surface area contributed by atoms with E-state index in [9.17, 15) is 10.5 Å². The van der Waals surface area contributed by atoms with Gasteiger partial charge in [-0.3, -0.25) is 0 Å². The van der Waals surface area contributed by atoms with Gasteiger partial charge in [-0.1, -0.05) is 81.3 Å². The van der Waals surface area contributed by atoms with Crippen LogP contribution < -0.4 is 5.73 Å². The highest BCUT2D eigenvalue weighted by Gasteiger charge is 2.93. The molecule has 2 N–H and O–H groups in total. The van der Waals surface area contributed by atoms with E-state index >= 15 is 0 Å². The van der Waals surface area contributed by atoms with Crippen molar-refractivity contribution in [2.45, 2.75) is 51.4 Å². The quantitative estimate of drug-likeness (QED) is 0.406. The highest BCUT2D eigenvalue weighted by Crippen LogP contribution is 2.82. The van der Waals surface area contributed by atoms with Crippen LogP contribution in [0.2, 0.25) is 0 Å². The Morgan fingerprint density at radius 3 is 1.97 bits per heavy atom. The number of nitrogens with zero attached hydrogens (tertiary/aromatic N) is 3. The van der Waals surface area contributed by atoms with Gasteiger partial charge in [-0.05, 0) is 29.5 Å². The van der Waals surface area contributed by atoms with E-state index in [0.29, 0.717) is 13.2 Å². The van der Waals surface area contributed by atoms with E-state index in [1.54, 1.807) is 0 Å². The zero-order chi connectivity index (χ0) is 23.5. The molecule has 33 heavy (non-hydrogen) atoms. The Morgan fingerprint density at radius 1 is 0.879 bits per heavy atom. The molecule has 1 heterocycles. The summed E-state index contributed by atoms with van der Waals surface area (Å²) in [6.45, 7) is 4.89. The molecule has 4 rings (SSSR count). The molecule has 0 spiro atoms.